The van der Waals surface area contributed by atoms with Crippen molar-refractivity contribution in [2.75, 3.05) is 0 Å². The molecule has 0 spiro atoms. The standard InChI is InChI=1S/C21H14N.C17H12N.C15H8N3O.Ir/c1-2-8-17(9-3-1)21-15-18(13-14-22-21)20-12-6-10-16-7-4-5-11-19(16)20;1-3-7-14(8-4-1)16-11-12-18-17(13-16)15-9-5-2-6-10-15;1-2-6-17-13(5-1)12-9-16-8-11-10-4-3-7-18-15(10)19-14(11)12;/h1-8,10-15H;1-9,11-13H;1-8H;/q3*-1;+3. The summed E-state index contributed by atoms with van der Waals surface area (Å²) in [6.45, 7) is 0. The van der Waals surface area contributed by atoms with Crippen LogP contribution in [0.5, 0.6) is 0 Å². The summed E-state index contributed by atoms with van der Waals surface area (Å²) in [6, 6.07) is 65.4. The minimum absolute atomic E-state index is 0. The fourth-order valence-electron chi connectivity index (χ4n) is 6.88. The van der Waals surface area contributed by atoms with Crippen molar-refractivity contribution in [2.24, 2.45) is 0 Å². The predicted octanol–water partition coefficient (Wildman–Crippen LogP) is 12.8. The average molecular weight is 949 g/mol. The second-order valence-electron chi connectivity index (χ2n) is 13.5. The molecule has 6 heterocycles. The van der Waals surface area contributed by atoms with Crippen LogP contribution in [0.1, 0.15) is 0 Å². The van der Waals surface area contributed by atoms with Gasteiger partial charge in [-0.3, -0.25) is 0 Å². The van der Waals surface area contributed by atoms with E-state index in [9.17, 15) is 0 Å². The van der Waals surface area contributed by atoms with Gasteiger partial charge in [0.05, 0.1) is 5.58 Å². The van der Waals surface area contributed by atoms with Crippen molar-refractivity contribution in [1.82, 2.24) is 24.9 Å². The molecule has 0 radical (unpaired) electrons. The van der Waals surface area contributed by atoms with E-state index in [1.54, 1.807) is 18.6 Å². The van der Waals surface area contributed by atoms with Crippen molar-refractivity contribution >= 4 is 32.8 Å². The van der Waals surface area contributed by atoms with Crippen LogP contribution in [0, 0.1) is 18.3 Å². The van der Waals surface area contributed by atoms with Crippen molar-refractivity contribution in [3.8, 4) is 56.0 Å². The third-order valence-corrected chi connectivity index (χ3v) is 9.72. The van der Waals surface area contributed by atoms with Gasteiger partial charge in [0, 0.05) is 30.2 Å². The first kappa shape index (κ1) is 39.4. The van der Waals surface area contributed by atoms with Crippen LogP contribution < -0.4 is 0 Å². The zero-order valence-corrected chi connectivity index (χ0v) is 34.5. The Bertz CT molecular complexity index is 3050. The summed E-state index contributed by atoms with van der Waals surface area (Å²) in [5.74, 6) is 0. The third-order valence-electron chi connectivity index (χ3n) is 9.72. The Hall–Kier alpha value is -7.44. The van der Waals surface area contributed by atoms with E-state index in [2.05, 4.69) is 116 Å². The van der Waals surface area contributed by atoms with Gasteiger partial charge in [-0.15, -0.1) is 71.8 Å². The van der Waals surface area contributed by atoms with E-state index < -0.39 is 0 Å². The summed E-state index contributed by atoms with van der Waals surface area (Å²) in [4.78, 5) is 21.6. The molecule has 0 N–H and O–H groups in total. The molecule has 0 aliphatic rings. The molecule has 0 bridgehead atoms. The molecule has 0 amide bonds. The van der Waals surface area contributed by atoms with Crippen molar-refractivity contribution in [3.63, 3.8) is 0 Å². The van der Waals surface area contributed by atoms with Crippen LogP contribution in [0.25, 0.3) is 88.9 Å². The smallest absolute Gasteiger partial charge is 0.486 e. The molecule has 7 heteroatoms. The largest absolute Gasteiger partial charge is 3.00 e. The van der Waals surface area contributed by atoms with E-state index in [-0.39, 0.29) is 20.1 Å². The van der Waals surface area contributed by atoms with Gasteiger partial charge in [-0.2, -0.15) is 0 Å². The maximum absolute atomic E-state index is 5.82. The molecule has 0 saturated heterocycles. The number of hydrogen-bond acceptors (Lipinski definition) is 6. The summed E-state index contributed by atoms with van der Waals surface area (Å²) in [6.07, 6.45) is 11.9. The maximum Gasteiger partial charge on any atom is 3.00 e. The molecule has 5 aromatic carbocycles. The number of pyridine rings is 5. The number of nitrogens with zero attached hydrogens (tertiary/aromatic N) is 5. The van der Waals surface area contributed by atoms with E-state index in [4.69, 9.17) is 4.42 Å². The van der Waals surface area contributed by atoms with E-state index in [1.165, 1.54) is 33.0 Å². The maximum atomic E-state index is 5.82. The van der Waals surface area contributed by atoms with Crippen LogP contribution in [0.2, 0.25) is 0 Å². The molecule has 0 fully saturated rings. The van der Waals surface area contributed by atoms with Gasteiger partial charge in [0.15, 0.2) is 0 Å². The van der Waals surface area contributed by atoms with Crippen molar-refractivity contribution < 1.29 is 24.5 Å². The second kappa shape index (κ2) is 18.9. The summed E-state index contributed by atoms with van der Waals surface area (Å²) < 4.78 is 5.82. The molecule has 0 aliphatic heterocycles. The van der Waals surface area contributed by atoms with Gasteiger partial charge in [-0.25, -0.2) is 4.98 Å². The summed E-state index contributed by atoms with van der Waals surface area (Å²) in [5, 5.41) is 4.41. The number of aromatic nitrogens is 5. The second-order valence-corrected chi connectivity index (χ2v) is 13.5. The summed E-state index contributed by atoms with van der Waals surface area (Å²) in [7, 11) is 0. The van der Waals surface area contributed by atoms with Crippen LogP contribution in [0.4, 0.5) is 0 Å². The monoisotopic (exact) mass is 949 g/mol. The van der Waals surface area contributed by atoms with Crippen molar-refractivity contribution in [2.45, 2.75) is 0 Å². The Balaban J connectivity index is 0.000000124. The zero-order valence-electron chi connectivity index (χ0n) is 32.1. The fraction of sp³-hybridized carbons (Fsp3) is 0. The predicted molar refractivity (Wildman–Crippen MR) is 237 cm³/mol. The Morgan fingerprint density at radius 1 is 0.433 bits per heavy atom. The first-order chi connectivity index (χ1) is 29.3. The first-order valence-electron chi connectivity index (χ1n) is 19.1. The molecule has 0 unspecified atom stereocenters. The Morgan fingerprint density at radius 2 is 1.07 bits per heavy atom. The van der Waals surface area contributed by atoms with Crippen LogP contribution in [-0.2, 0) is 20.1 Å². The van der Waals surface area contributed by atoms with Gasteiger partial charge in [0.2, 0.25) is 5.71 Å². The van der Waals surface area contributed by atoms with Gasteiger partial charge in [0.1, 0.15) is 0 Å². The number of hydrogen-bond donors (Lipinski definition) is 0. The van der Waals surface area contributed by atoms with Gasteiger partial charge < -0.3 is 24.4 Å². The minimum Gasteiger partial charge on any atom is -0.486 e. The SMILES string of the molecule is [Ir+3].[c-]1ccccc1-c1cc(-c2cccc3ccccc23)ccn1.[c-]1ccccc1-c1cc(-c2ccccc2)ccn1.[c-]1ncc2c(oc3ncccc32)c1-c1ccccn1. The molecule has 11 rings (SSSR count). The quantitative estimate of drug-likeness (QED) is 0.160. The number of benzene rings is 5. The number of fused-ring (bicyclic) bond motifs is 4. The molecule has 0 atom stereocenters. The van der Waals surface area contributed by atoms with Gasteiger partial charge >= 0.3 is 20.1 Å². The number of furan rings is 1. The molecule has 286 valence electrons. The molecule has 6 nitrogen and oxygen atoms in total. The first-order valence-corrected chi connectivity index (χ1v) is 19.1. The molecule has 0 aliphatic carbocycles. The van der Waals surface area contributed by atoms with Gasteiger partial charge in [0.25, 0.3) is 0 Å². The molecular formula is C53H34IrN5O. The Morgan fingerprint density at radius 3 is 1.80 bits per heavy atom. The zero-order chi connectivity index (χ0) is 39.6. The Labute approximate surface area is 361 Å². The van der Waals surface area contributed by atoms with E-state index >= 15 is 0 Å². The minimum atomic E-state index is 0. The van der Waals surface area contributed by atoms with E-state index in [0.717, 1.165) is 50.1 Å². The van der Waals surface area contributed by atoms with Crippen LogP contribution in [-0.4, -0.2) is 24.9 Å². The molecular weight excluding hydrogens is 915 g/mol. The number of rotatable bonds is 5. The molecule has 0 saturated carbocycles. The molecule has 6 aromatic heterocycles. The van der Waals surface area contributed by atoms with Crippen LogP contribution in [0.15, 0.2) is 211 Å². The molecule has 11 aromatic rings. The van der Waals surface area contributed by atoms with Gasteiger partial charge in [-0.1, -0.05) is 103 Å². The van der Waals surface area contributed by atoms with Crippen molar-refractivity contribution in [1.29, 1.82) is 0 Å². The third kappa shape index (κ3) is 8.83. The van der Waals surface area contributed by atoms with Gasteiger partial charge in [-0.05, 0) is 98.2 Å². The van der Waals surface area contributed by atoms with E-state index in [1.807, 2.05) is 116 Å². The van der Waals surface area contributed by atoms with E-state index in [0.29, 0.717) is 5.71 Å². The van der Waals surface area contributed by atoms with Crippen LogP contribution >= 0.6 is 0 Å². The summed E-state index contributed by atoms with van der Waals surface area (Å²) >= 11 is 0. The fourth-order valence-corrected chi connectivity index (χ4v) is 6.88. The Kier molecular flexibility index (Phi) is 12.4. The van der Waals surface area contributed by atoms with Crippen molar-refractivity contribution in [3.05, 3.63) is 225 Å². The topological polar surface area (TPSA) is 77.6 Å². The summed E-state index contributed by atoms with van der Waals surface area (Å²) in [5.41, 5.74) is 11.6. The average Bonchev–Trinajstić information content (AvgIpc) is 3.72. The normalized spacial score (nSPS) is 10.5. The molecule has 60 heavy (non-hydrogen) atoms. The van der Waals surface area contributed by atoms with Crippen LogP contribution in [0.3, 0.4) is 0 Å².